The lowest BCUT2D eigenvalue weighted by Crippen LogP contribution is -2.16. The lowest BCUT2D eigenvalue weighted by Gasteiger charge is -2.07. The molecule has 3 rings (SSSR count). The number of sulfone groups is 1. The van der Waals surface area contributed by atoms with E-state index >= 15 is 0 Å². The summed E-state index contributed by atoms with van der Waals surface area (Å²) in [6.07, 6.45) is -0.0986. The molecule has 0 spiro atoms. The molecule has 2 heterocycles. The fourth-order valence-electron chi connectivity index (χ4n) is 2.00. The minimum Gasteiger partial charge on any atom is -0.350 e. The minimum absolute atomic E-state index is 0.00620. The Morgan fingerprint density at radius 1 is 1.26 bits per heavy atom. The van der Waals surface area contributed by atoms with Crippen LogP contribution in [0.2, 0.25) is 0 Å². The molecule has 0 radical (unpaired) electrons. The van der Waals surface area contributed by atoms with Crippen LogP contribution in [0.3, 0.4) is 0 Å². The van der Waals surface area contributed by atoms with Gasteiger partial charge in [-0.2, -0.15) is 0 Å². The molecule has 1 aliphatic heterocycles. The smallest absolute Gasteiger partial charge is 0.226 e. The maximum Gasteiger partial charge on any atom is 0.226 e. The Labute approximate surface area is 110 Å². The van der Waals surface area contributed by atoms with Gasteiger partial charge in [-0.05, 0) is 12.1 Å². The van der Waals surface area contributed by atoms with E-state index in [1.807, 2.05) is 12.1 Å². The van der Waals surface area contributed by atoms with Gasteiger partial charge in [0.05, 0.1) is 30.0 Å². The molecule has 19 heavy (non-hydrogen) atoms. The van der Waals surface area contributed by atoms with Gasteiger partial charge < -0.3 is 14.5 Å². The lowest BCUT2D eigenvalue weighted by atomic mass is 10.3. The molecule has 1 N–H and O–H groups in total. The van der Waals surface area contributed by atoms with Gasteiger partial charge in [-0.25, -0.2) is 13.4 Å². The van der Waals surface area contributed by atoms with Crippen molar-refractivity contribution in [3.8, 4) is 0 Å². The topological polar surface area (TPSA) is 81.3 Å². The number of ether oxygens (including phenoxy) is 2. The van der Waals surface area contributed by atoms with Crippen LogP contribution in [0.25, 0.3) is 11.0 Å². The Bertz CT molecular complexity index is 641. The number of nitrogens with zero attached hydrogens (tertiary/aromatic N) is 1. The molecular formula is C12H14N2O4S. The summed E-state index contributed by atoms with van der Waals surface area (Å²) in [6, 6.07) is 7.22. The molecule has 0 atom stereocenters. The van der Waals surface area contributed by atoms with Crippen LogP contribution in [0.15, 0.2) is 29.4 Å². The van der Waals surface area contributed by atoms with Gasteiger partial charge in [0.25, 0.3) is 0 Å². The Morgan fingerprint density at radius 2 is 2.00 bits per heavy atom. The number of hydrogen-bond acceptors (Lipinski definition) is 5. The standard InChI is InChI=1S/C12H14N2O4S/c15-19(16,8-5-11-17-6-7-18-11)12-13-9-3-1-2-4-10(9)14-12/h1-4,11H,5-8H2,(H,13,14). The average Bonchev–Trinajstić information content (AvgIpc) is 3.05. The van der Waals surface area contributed by atoms with E-state index < -0.39 is 16.1 Å². The van der Waals surface area contributed by atoms with E-state index in [-0.39, 0.29) is 10.9 Å². The maximum absolute atomic E-state index is 12.2. The summed E-state index contributed by atoms with van der Waals surface area (Å²) < 4.78 is 34.8. The lowest BCUT2D eigenvalue weighted by molar-refractivity contribution is -0.0424. The van der Waals surface area contributed by atoms with Gasteiger partial charge in [-0.3, -0.25) is 0 Å². The highest BCUT2D eigenvalue weighted by molar-refractivity contribution is 7.91. The van der Waals surface area contributed by atoms with Crippen molar-refractivity contribution in [1.82, 2.24) is 9.97 Å². The number of benzene rings is 1. The molecule has 1 fully saturated rings. The van der Waals surface area contributed by atoms with Crippen LogP contribution in [-0.4, -0.2) is 43.6 Å². The molecule has 1 aromatic carbocycles. The molecule has 1 aliphatic rings. The van der Waals surface area contributed by atoms with Gasteiger partial charge in [0.15, 0.2) is 6.29 Å². The van der Waals surface area contributed by atoms with E-state index in [9.17, 15) is 8.42 Å². The first-order chi connectivity index (χ1) is 9.15. The fourth-order valence-corrected chi connectivity index (χ4v) is 3.20. The van der Waals surface area contributed by atoms with Crippen LogP contribution >= 0.6 is 0 Å². The van der Waals surface area contributed by atoms with Crippen LogP contribution in [0.1, 0.15) is 6.42 Å². The number of H-pyrrole nitrogens is 1. The number of aromatic amines is 1. The van der Waals surface area contributed by atoms with Crippen LogP contribution in [0.4, 0.5) is 0 Å². The summed E-state index contributed by atoms with van der Waals surface area (Å²) in [6.45, 7) is 1.05. The van der Waals surface area contributed by atoms with E-state index in [0.29, 0.717) is 25.2 Å². The minimum atomic E-state index is -3.44. The second-order valence-corrected chi connectivity index (χ2v) is 6.36. The third-order valence-electron chi connectivity index (χ3n) is 2.98. The van der Waals surface area contributed by atoms with Crippen molar-refractivity contribution in [1.29, 1.82) is 0 Å². The second-order valence-electron chi connectivity index (χ2n) is 4.34. The van der Waals surface area contributed by atoms with Crippen molar-refractivity contribution >= 4 is 20.9 Å². The second kappa shape index (κ2) is 4.92. The van der Waals surface area contributed by atoms with Crippen LogP contribution in [-0.2, 0) is 19.3 Å². The first-order valence-electron chi connectivity index (χ1n) is 6.06. The zero-order valence-corrected chi connectivity index (χ0v) is 11.0. The normalized spacial score (nSPS) is 17.3. The number of para-hydroxylation sites is 2. The summed E-state index contributed by atoms with van der Waals surface area (Å²) in [4.78, 5) is 6.94. The Balaban J connectivity index is 1.78. The summed E-state index contributed by atoms with van der Waals surface area (Å²) >= 11 is 0. The molecule has 0 aliphatic carbocycles. The van der Waals surface area contributed by atoms with Crippen LogP contribution < -0.4 is 0 Å². The van der Waals surface area contributed by atoms with E-state index in [2.05, 4.69) is 9.97 Å². The predicted molar refractivity (Wildman–Crippen MR) is 68.5 cm³/mol. The first-order valence-corrected chi connectivity index (χ1v) is 7.71. The van der Waals surface area contributed by atoms with E-state index in [0.717, 1.165) is 5.52 Å². The number of hydrogen-bond donors (Lipinski definition) is 1. The Hall–Kier alpha value is -1.44. The fraction of sp³-hybridized carbons (Fsp3) is 0.417. The molecular weight excluding hydrogens is 268 g/mol. The van der Waals surface area contributed by atoms with Gasteiger partial charge >= 0.3 is 0 Å². The SMILES string of the molecule is O=S(=O)(CCC1OCCO1)c1nc2ccccc2[nH]1. The summed E-state index contributed by atoms with van der Waals surface area (Å²) in [5, 5.41) is 0.00620. The zero-order chi connectivity index (χ0) is 13.3. The van der Waals surface area contributed by atoms with E-state index in [4.69, 9.17) is 9.47 Å². The molecule has 6 nitrogen and oxygen atoms in total. The molecule has 2 aromatic rings. The maximum atomic E-state index is 12.2. The highest BCUT2D eigenvalue weighted by Gasteiger charge is 2.23. The molecule has 0 saturated carbocycles. The van der Waals surface area contributed by atoms with Crippen molar-refractivity contribution in [3.05, 3.63) is 24.3 Å². The van der Waals surface area contributed by atoms with Gasteiger partial charge in [0, 0.05) is 6.42 Å². The number of nitrogens with one attached hydrogen (secondary N) is 1. The highest BCUT2D eigenvalue weighted by Crippen LogP contribution is 2.17. The molecule has 1 saturated heterocycles. The molecule has 0 amide bonds. The number of fused-ring (bicyclic) bond motifs is 1. The monoisotopic (exact) mass is 282 g/mol. The molecule has 102 valence electrons. The van der Waals surface area contributed by atoms with Crippen LogP contribution in [0.5, 0.6) is 0 Å². The Morgan fingerprint density at radius 3 is 2.74 bits per heavy atom. The quantitative estimate of drug-likeness (QED) is 0.908. The highest BCUT2D eigenvalue weighted by atomic mass is 32.2. The number of imidazole rings is 1. The summed E-state index contributed by atoms with van der Waals surface area (Å²) in [5.41, 5.74) is 1.36. The van der Waals surface area contributed by atoms with Crippen LogP contribution in [0, 0.1) is 0 Å². The largest absolute Gasteiger partial charge is 0.350 e. The number of aromatic nitrogens is 2. The molecule has 1 aromatic heterocycles. The van der Waals surface area contributed by atoms with Crippen molar-refractivity contribution < 1.29 is 17.9 Å². The first kappa shape index (κ1) is 12.6. The average molecular weight is 282 g/mol. The van der Waals surface area contributed by atoms with Gasteiger partial charge in [-0.15, -0.1) is 0 Å². The van der Waals surface area contributed by atoms with Gasteiger partial charge in [0.2, 0.25) is 15.0 Å². The van der Waals surface area contributed by atoms with Crippen molar-refractivity contribution in [3.63, 3.8) is 0 Å². The summed E-state index contributed by atoms with van der Waals surface area (Å²) in [5.74, 6) is -0.0442. The van der Waals surface area contributed by atoms with Crippen molar-refractivity contribution in [2.45, 2.75) is 17.9 Å². The van der Waals surface area contributed by atoms with Crippen molar-refractivity contribution in [2.24, 2.45) is 0 Å². The van der Waals surface area contributed by atoms with Crippen molar-refractivity contribution in [2.75, 3.05) is 19.0 Å². The van der Waals surface area contributed by atoms with E-state index in [1.54, 1.807) is 12.1 Å². The Kier molecular flexibility index (Phi) is 3.26. The predicted octanol–water partition coefficient (Wildman–Crippen LogP) is 1.10. The molecule has 0 unspecified atom stereocenters. The molecule has 7 heteroatoms. The zero-order valence-electron chi connectivity index (χ0n) is 10.2. The third-order valence-corrected chi connectivity index (χ3v) is 4.53. The molecule has 0 bridgehead atoms. The van der Waals surface area contributed by atoms with E-state index in [1.165, 1.54) is 0 Å². The van der Waals surface area contributed by atoms with Gasteiger partial charge in [0.1, 0.15) is 0 Å². The third kappa shape index (κ3) is 2.63. The summed E-state index contributed by atoms with van der Waals surface area (Å²) in [7, 11) is -3.44. The number of rotatable bonds is 4. The van der Waals surface area contributed by atoms with Gasteiger partial charge in [-0.1, -0.05) is 12.1 Å².